The number of hydrogen-bond donors (Lipinski definition) is 0. The average Bonchev–Trinajstić information content (AvgIpc) is 2.61. The lowest BCUT2D eigenvalue weighted by Gasteiger charge is -2.10. The Kier molecular flexibility index (Phi) is 6.01. The SMILES string of the molecule is C=C(COCC(=C)c1ccc(OC)cc1)c1ccc(OC)cc1. The van der Waals surface area contributed by atoms with E-state index in [1.165, 1.54) is 0 Å². The van der Waals surface area contributed by atoms with E-state index in [9.17, 15) is 0 Å². The van der Waals surface area contributed by atoms with Crippen molar-refractivity contribution < 1.29 is 14.2 Å². The fourth-order valence-corrected chi connectivity index (χ4v) is 2.12. The third-order valence-electron chi connectivity index (χ3n) is 3.55. The van der Waals surface area contributed by atoms with Crippen LogP contribution in [0.3, 0.4) is 0 Å². The van der Waals surface area contributed by atoms with E-state index in [1.807, 2.05) is 48.5 Å². The van der Waals surface area contributed by atoms with Gasteiger partial charge >= 0.3 is 0 Å². The molecule has 2 aromatic carbocycles. The zero-order valence-electron chi connectivity index (χ0n) is 13.7. The molecular weight excluding hydrogens is 288 g/mol. The Hall–Kier alpha value is -2.52. The number of methoxy groups -OCH3 is 2. The molecule has 0 saturated heterocycles. The fourth-order valence-electron chi connectivity index (χ4n) is 2.12. The summed E-state index contributed by atoms with van der Waals surface area (Å²) in [6.45, 7) is 9.04. The fraction of sp³-hybridized carbons (Fsp3) is 0.200. The van der Waals surface area contributed by atoms with Crippen molar-refractivity contribution in [2.75, 3.05) is 27.4 Å². The van der Waals surface area contributed by atoms with Crippen LogP contribution in [0.4, 0.5) is 0 Å². The first-order valence-electron chi connectivity index (χ1n) is 7.36. The highest BCUT2D eigenvalue weighted by molar-refractivity contribution is 5.66. The maximum atomic E-state index is 5.72. The van der Waals surface area contributed by atoms with Crippen molar-refractivity contribution in [3.05, 3.63) is 72.8 Å². The zero-order chi connectivity index (χ0) is 16.7. The number of rotatable bonds is 8. The Morgan fingerprint density at radius 2 is 1.04 bits per heavy atom. The predicted octanol–water partition coefficient (Wildman–Crippen LogP) is 4.45. The summed E-state index contributed by atoms with van der Waals surface area (Å²) in [7, 11) is 3.30. The summed E-state index contributed by atoms with van der Waals surface area (Å²) in [4.78, 5) is 0. The Morgan fingerprint density at radius 3 is 1.35 bits per heavy atom. The van der Waals surface area contributed by atoms with Crippen LogP contribution >= 0.6 is 0 Å². The summed E-state index contributed by atoms with van der Waals surface area (Å²) in [5.41, 5.74) is 3.94. The van der Waals surface area contributed by atoms with Crippen LogP contribution in [0.5, 0.6) is 11.5 Å². The second-order valence-electron chi connectivity index (χ2n) is 5.16. The molecule has 0 aliphatic carbocycles. The zero-order valence-corrected chi connectivity index (χ0v) is 13.7. The third-order valence-corrected chi connectivity index (χ3v) is 3.55. The van der Waals surface area contributed by atoms with Crippen molar-refractivity contribution in [2.24, 2.45) is 0 Å². The van der Waals surface area contributed by atoms with Gasteiger partial charge in [-0.15, -0.1) is 0 Å². The lowest BCUT2D eigenvalue weighted by molar-refractivity contribution is 0.205. The van der Waals surface area contributed by atoms with Crippen LogP contribution in [-0.2, 0) is 4.74 Å². The van der Waals surface area contributed by atoms with Crippen LogP contribution < -0.4 is 9.47 Å². The lowest BCUT2D eigenvalue weighted by atomic mass is 10.1. The highest BCUT2D eigenvalue weighted by atomic mass is 16.5. The molecule has 0 fully saturated rings. The van der Waals surface area contributed by atoms with Gasteiger partial charge in [-0.25, -0.2) is 0 Å². The highest BCUT2D eigenvalue weighted by Crippen LogP contribution is 2.20. The van der Waals surface area contributed by atoms with E-state index in [-0.39, 0.29) is 0 Å². The number of ether oxygens (including phenoxy) is 3. The molecule has 0 amide bonds. The normalized spacial score (nSPS) is 10.2. The van der Waals surface area contributed by atoms with E-state index < -0.39 is 0 Å². The molecule has 0 unspecified atom stereocenters. The summed E-state index contributed by atoms with van der Waals surface area (Å²) in [5.74, 6) is 1.66. The van der Waals surface area contributed by atoms with E-state index >= 15 is 0 Å². The minimum Gasteiger partial charge on any atom is -0.497 e. The summed E-state index contributed by atoms with van der Waals surface area (Å²) in [6, 6.07) is 15.6. The van der Waals surface area contributed by atoms with Gasteiger partial charge in [0.2, 0.25) is 0 Å². The van der Waals surface area contributed by atoms with Crippen molar-refractivity contribution in [1.82, 2.24) is 0 Å². The summed E-state index contributed by atoms with van der Waals surface area (Å²) >= 11 is 0. The topological polar surface area (TPSA) is 27.7 Å². The monoisotopic (exact) mass is 310 g/mol. The molecule has 23 heavy (non-hydrogen) atoms. The van der Waals surface area contributed by atoms with Gasteiger partial charge < -0.3 is 14.2 Å². The lowest BCUT2D eigenvalue weighted by Crippen LogP contribution is -2.01. The van der Waals surface area contributed by atoms with Crippen molar-refractivity contribution >= 4 is 11.1 Å². The molecule has 0 aliphatic heterocycles. The molecule has 0 aliphatic rings. The smallest absolute Gasteiger partial charge is 0.118 e. The van der Waals surface area contributed by atoms with Crippen LogP contribution in [0.2, 0.25) is 0 Å². The van der Waals surface area contributed by atoms with Gasteiger partial charge in [-0.3, -0.25) is 0 Å². The van der Waals surface area contributed by atoms with Crippen LogP contribution in [0.25, 0.3) is 11.1 Å². The summed E-state index contributed by atoms with van der Waals surface area (Å²) in [6.07, 6.45) is 0. The van der Waals surface area contributed by atoms with Crippen molar-refractivity contribution in [3.63, 3.8) is 0 Å². The molecular formula is C20H22O3. The van der Waals surface area contributed by atoms with E-state index in [0.29, 0.717) is 13.2 Å². The number of benzene rings is 2. The molecule has 0 radical (unpaired) electrons. The minimum atomic E-state index is 0.460. The van der Waals surface area contributed by atoms with Gasteiger partial charge in [-0.1, -0.05) is 37.4 Å². The van der Waals surface area contributed by atoms with E-state index in [4.69, 9.17) is 14.2 Å². The molecule has 0 heterocycles. The standard InChI is InChI=1S/C20H22O3/c1-15(17-5-9-19(21-3)10-6-17)13-23-14-16(2)18-7-11-20(22-4)12-8-18/h5-12H,1-2,13-14H2,3-4H3. The maximum Gasteiger partial charge on any atom is 0.118 e. The Labute approximate surface area is 137 Å². The summed E-state index contributed by atoms with van der Waals surface area (Å²) in [5, 5.41) is 0. The predicted molar refractivity (Wildman–Crippen MR) is 94.9 cm³/mol. The first-order valence-corrected chi connectivity index (χ1v) is 7.36. The molecule has 120 valence electrons. The van der Waals surface area contributed by atoms with Crippen LogP contribution in [0.1, 0.15) is 11.1 Å². The van der Waals surface area contributed by atoms with E-state index in [0.717, 1.165) is 33.8 Å². The molecule has 2 aromatic rings. The van der Waals surface area contributed by atoms with Gasteiger partial charge in [-0.2, -0.15) is 0 Å². The Bertz CT molecular complexity index is 595. The molecule has 0 bridgehead atoms. The van der Waals surface area contributed by atoms with Gasteiger partial charge in [0, 0.05) is 0 Å². The molecule has 3 heteroatoms. The van der Waals surface area contributed by atoms with Crippen molar-refractivity contribution in [2.45, 2.75) is 0 Å². The Morgan fingerprint density at radius 1 is 0.696 bits per heavy atom. The van der Waals surface area contributed by atoms with Crippen molar-refractivity contribution in [1.29, 1.82) is 0 Å². The first kappa shape index (κ1) is 16.8. The first-order chi connectivity index (χ1) is 11.1. The molecule has 2 rings (SSSR count). The van der Waals surface area contributed by atoms with Crippen molar-refractivity contribution in [3.8, 4) is 11.5 Å². The molecule has 0 aromatic heterocycles. The van der Waals surface area contributed by atoms with Gasteiger partial charge in [0.15, 0.2) is 0 Å². The molecule has 0 spiro atoms. The highest BCUT2D eigenvalue weighted by Gasteiger charge is 2.03. The molecule has 3 nitrogen and oxygen atoms in total. The average molecular weight is 310 g/mol. The molecule has 0 saturated carbocycles. The molecule has 0 N–H and O–H groups in total. The Balaban J connectivity index is 1.83. The minimum absolute atomic E-state index is 0.460. The van der Waals surface area contributed by atoms with Gasteiger partial charge in [0.25, 0.3) is 0 Å². The van der Waals surface area contributed by atoms with E-state index in [2.05, 4.69) is 13.2 Å². The number of hydrogen-bond acceptors (Lipinski definition) is 3. The van der Waals surface area contributed by atoms with Gasteiger partial charge in [-0.05, 0) is 46.5 Å². The van der Waals surface area contributed by atoms with Crippen LogP contribution in [0.15, 0.2) is 61.7 Å². The van der Waals surface area contributed by atoms with Gasteiger partial charge in [0.05, 0.1) is 27.4 Å². The van der Waals surface area contributed by atoms with Crippen LogP contribution in [0, 0.1) is 0 Å². The maximum absolute atomic E-state index is 5.72. The van der Waals surface area contributed by atoms with Gasteiger partial charge in [0.1, 0.15) is 11.5 Å². The largest absolute Gasteiger partial charge is 0.497 e. The second kappa shape index (κ2) is 8.20. The second-order valence-corrected chi connectivity index (χ2v) is 5.16. The van der Waals surface area contributed by atoms with Crippen LogP contribution in [-0.4, -0.2) is 27.4 Å². The quantitative estimate of drug-likeness (QED) is 0.721. The third kappa shape index (κ3) is 4.73. The molecule has 0 atom stereocenters. The van der Waals surface area contributed by atoms with E-state index in [1.54, 1.807) is 14.2 Å². The summed E-state index contributed by atoms with van der Waals surface area (Å²) < 4.78 is 16.0.